The van der Waals surface area contributed by atoms with E-state index in [1.807, 2.05) is 27.9 Å². The Morgan fingerprint density at radius 2 is 0.774 bits per heavy atom. The normalized spacial score (nSPS) is 14.5. The van der Waals surface area contributed by atoms with Crippen molar-refractivity contribution in [2.75, 3.05) is 31.4 Å². The van der Waals surface area contributed by atoms with E-state index in [1.54, 1.807) is 25.1 Å². The molecule has 6 aromatic carbocycles. The van der Waals surface area contributed by atoms with Crippen molar-refractivity contribution < 1.29 is 52.7 Å². The van der Waals surface area contributed by atoms with Crippen molar-refractivity contribution in [1.82, 2.24) is 43.6 Å². The average molecular weight is 1600 g/mol. The van der Waals surface area contributed by atoms with Crippen LogP contribution in [0.15, 0.2) is 149 Å². The van der Waals surface area contributed by atoms with Crippen LogP contribution < -0.4 is 31.4 Å². The Morgan fingerprint density at radius 1 is 0.434 bits per heavy atom. The number of hydrogen-bond acceptors (Lipinski definition) is 16. The summed E-state index contributed by atoms with van der Waals surface area (Å²) in [4.78, 5) is 35.8. The summed E-state index contributed by atoms with van der Waals surface area (Å²) < 4.78 is 149. The van der Waals surface area contributed by atoms with Gasteiger partial charge in [0.1, 0.15) is 86.4 Å². The Balaban J connectivity index is 0.000000141. The summed E-state index contributed by atoms with van der Waals surface area (Å²) in [5.74, 6) is -4.43. The highest BCUT2D eigenvalue weighted by Gasteiger charge is 2.31. The minimum Gasteiger partial charge on any atom is -0.478 e. The molecule has 0 aliphatic heterocycles. The molecule has 0 saturated heterocycles. The summed E-state index contributed by atoms with van der Waals surface area (Å²) >= 11 is 29.8. The van der Waals surface area contributed by atoms with Crippen molar-refractivity contribution in [2.24, 2.45) is 0 Å². The van der Waals surface area contributed by atoms with Crippen LogP contribution in [0.2, 0.25) is 25.1 Å². The van der Waals surface area contributed by atoms with Gasteiger partial charge in [0.05, 0.1) is 63.8 Å². The number of nitrogens with one attached hydrogen (secondary N) is 3. The van der Waals surface area contributed by atoms with Gasteiger partial charge in [0.25, 0.3) is 30.1 Å². The monoisotopic (exact) mass is 1600 g/mol. The number of sulfonamides is 3. The van der Waals surface area contributed by atoms with Crippen molar-refractivity contribution in [3.05, 3.63) is 194 Å². The smallest absolute Gasteiger partial charge is 0.338 e. The van der Waals surface area contributed by atoms with Crippen LogP contribution in [0.5, 0.6) is 0 Å². The number of halogens is 9. The number of nitrogen functional groups attached to an aromatic ring is 3. The number of aromatic nitrogens is 9. The van der Waals surface area contributed by atoms with Crippen molar-refractivity contribution in [3.8, 4) is 33.4 Å². The summed E-state index contributed by atoms with van der Waals surface area (Å²) in [6.45, 7) is 1.60. The van der Waals surface area contributed by atoms with Crippen LogP contribution >= 0.6 is 58.0 Å². The second kappa shape index (κ2) is 30.0. The fourth-order valence-corrected chi connectivity index (χ4v) is 19.0. The van der Waals surface area contributed by atoms with E-state index in [9.17, 15) is 34.4 Å². The van der Waals surface area contributed by atoms with Gasteiger partial charge in [-0.25, -0.2) is 77.5 Å². The molecule has 0 unspecified atom stereocenters. The summed E-state index contributed by atoms with van der Waals surface area (Å²) in [7, 11) is -12.8. The fourth-order valence-electron chi connectivity index (χ4n) is 13.7. The molecule has 0 spiro atoms. The standard InChI is InChI=1S/C24H20ClF2N5O4S.C24H23ClFN5O2S.C23H19Cl3FN5O2S/c25-16-9-17(26)14(24(33)34)8-20(16)37(35,36)31-19-6-5-12(7-18(19)27)15-10-32(13-3-1-2-4-13)23-21(15)22(28)29-11-30-23;1-14-18(25)7-4-8-21(14)34(32,33)30-20-10-9-15(11-19(20)26)17-12-31(16-5-2-3-6-16)24-22(17)23(27)28-13-29-24;24-15-8-17(26)20(9-16(15)25)35(33,34)31-19-6-5-12(7-18(19)27)14-10-32(13-3-1-2-4-13)23-21(14)22(28)29-11-30-23/h5-11,13,31H,1-4H2,(H,33,34)(H2,28,29,30);4,7-13,16,30H,2-3,5-6H2,1H3,(H2,27,28,29);5-11,13,31H,1-4H2,(H2,28,29,30). The van der Waals surface area contributed by atoms with Gasteiger partial charge < -0.3 is 36.0 Å². The molecule has 3 saturated carbocycles. The van der Waals surface area contributed by atoms with Crippen LogP contribution in [0.4, 0.5) is 52.1 Å². The Kier molecular flexibility index (Phi) is 21.2. The Morgan fingerprint density at radius 3 is 1.13 bits per heavy atom. The lowest BCUT2D eigenvalue weighted by molar-refractivity contribution is 0.0691. The number of carbonyl (C=O) groups is 1. The summed E-state index contributed by atoms with van der Waals surface area (Å²) in [6.07, 6.45) is 22.8. The minimum absolute atomic E-state index is 0.00530. The molecule has 35 heteroatoms. The highest BCUT2D eigenvalue weighted by atomic mass is 35.5. The number of carboxylic acid groups (broad SMARTS) is 1. The maximum absolute atomic E-state index is 15.2. The highest BCUT2D eigenvalue weighted by Crippen LogP contribution is 2.44. The average Bonchev–Trinajstić information content (AvgIpc) is 1.58. The third kappa shape index (κ3) is 14.9. The molecule has 0 radical (unpaired) electrons. The first-order chi connectivity index (χ1) is 50.5. The van der Waals surface area contributed by atoms with Crippen LogP contribution in [-0.2, 0) is 30.1 Å². The lowest BCUT2D eigenvalue weighted by atomic mass is 10.1. The lowest BCUT2D eigenvalue weighted by Crippen LogP contribution is -2.16. The maximum Gasteiger partial charge on any atom is 0.338 e. The molecule has 12 aromatic rings. The molecule has 3 aliphatic rings. The van der Waals surface area contributed by atoms with Crippen LogP contribution in [-0.4, -0.2) is 79.9 Å². The summed E-state index contributed by atoms with van der Waals surface area (Å²) in [5.41, 5.74) is 22.7. The first kappa shape index (κ1) is 74.7. The van der Waals surface area contributed by atoms with E-state index in [1.165, 1.54) is 73.6 Å². The van der Waals surface area contributed by atoms with Crippen molar-refractivity contribution in [3.63, 3.8) is 0 Å². The number of fused-ring (bicyclic) bond motifs is 3. The molecule has 6 heterocycles. The zero-order valence-electron chi connectivity index (χ0n) is 55.6. The van der Waals surface area contributed by atoms with Crippen molar-refractivity contribution >= 4 is 162 Å². The Hall–Kier alpha value is -9.53. The topological polar surface area (TPSA) is 346 Å². The molecule has 106 heavy (non-hydrogen) atoms. The maximum atomic E-state index is 15.2. The first-order valence-corrected chi connectivity index (χ1v) is 39.3. The van der Waals surface area contributed by atoms with E-state index in [0.717, 1.165) is 94.8 Å². The predicted molar refractivity (Wildman–Crippen MR) is 403 cm³/mol. The predicted octanol–water partition coefficient (Wildman–Crippen LogP) is 17.6. The molecule has 3 aliphatic carbocycles. The van der Waals surface area contributed by atoms with Gasteiger partial charge in [0, 0.05) is 58.4 Å². The van der Waals surface area contributed by atoms with E-state index in [2.05, 4.69) is 48.5 Å². The largest absolute Gasteiger partial charge is 0.478 e. The molecule has 23 nitrogen and oxygen atoms in total. The van der Waals surface area contributed by atoms with Crippen molar-refractivity contribution in [1.29, 1.82) is 0 Å². The third-order valence-corrected chi connectivity index (χ3v) is 25.3. The van der Waals surface area contributed by atoms with Gasteiger partial charge >= 0.3 is 5.97 Å². The first-order valence-electron chi connectivity index (χ1n) is 32.9. The molecule has 6 aromatic heterocycles. The number of aromatic carboxylic acids is 1. The molecule has 15 rings (SSSR count). The van der Waals surface area contributed by atoms with E-state index in [4.69, 9.17) is 80.3 Å². The van der Waals surface area contributed by atoms with E-state index < -0.39 is 80.5 Å². The van der Waals surface area contributed by atoms with Crippen LogP contribution in [0, 0.1) is 30.2 Å². The van der Waals surface area contributed by atoms with Gasteiger partial charge in [-0.3, -0.25) is 14.2 Å². The van der Waals surface area contributed by atoms with Crippen LogP contribution in [0.25, 0.3) is 66.5 Å². The fraction of sp³-hybridized carbons (Fsp3) is 0.225. The zero-order valence-corrected chi connectivity index (χ0v) is 61.8. The molecule has 0 bridgehead atoms. The van der Waals surface area contributed by atoms with Gasteiger partial charge in [-0.1, -0.05) is 121 Å². The Labute approximate surface area is 629 Å². The minimum atomic E-state index is -4.56. The number of hydrogen-bond donors (Lipinski definition) is 7. The molecular formula is C71H62Cl5F4N15O8S3. The summed E-state index contributed by atoms with van der Waals surface area (Å²) in [6, 6.07) is 21.3. The van der Waals surface area contributed by atoms with Crippen LogP contribution in [0.1, 0.15) is 111 Å². The lowest BCUT2D eigenvalue weighted by Gasteiger charge is -2.13. The number of nitrogens with zero attached hydrogens (tertiary/aromatic N) is 9. The molecule has 550 valence electrons. The van der Waals surface area contributed by atoms with Crippen molar-refractivity contribution in [2.45, 2.75) is 117 Å². The van der Waals surface area contributed by atoms with Gasteiger partial charge in [-0.15, -0.1) is 0 Å². The number of anilines is 6. The van der Waals surface area contributed by atoms with Gasteiger partial charge in [-0.2, -0.15) is 0 Å². The van der Waals surface area contributed by atoms with E-state index >= 15 is 13.2 Å². The summed E-state index contributed by atoms with van der Waals surface area (Å²) in [5, 5.41) is 10.7. The number of rotatable bonds is 16. The SMILES string of the molecule is Cc1c(Cl)cccc1S(=O)(=O)Nc1ccc(-c2cn(C3CCCC3)c3ncnc(N)c23)cc1F.Nc1ncnc2c1c(-c1ccc(NS(=O)(=O)c3cc(C(=O)O)c(F)cc3Cl)c(F)c1)cn2C1CCCC1.Nc1ncnc2c1c(-c1ccc(NS(=O)(=O)c3cc(Cl)c(Cl)cc3Cl)c(F)c1)cn2C1CCCC1. The second-order valence-electron chi connectivity index (χ2n) is 25.6. The molecule has 0 amide bonds. The van der Waals surface area contributed by atoms with Gasteiger partial charge in [0.2, 0.25) is 0 Å². The number of carboxylic acids is 1. The molecule has 3 fully saturated rings. The number of nitrogens with two attached hydrogens (primary N) is 3. The number of benzene rings is 6. The second-order valence-corrected chi connectivity index (χ2v) is 32.6. The zero-order chi connectivity index (χ0) is 75.4. The molecule has 0 atom stereocenters. The van der Waals surface area contributed by atoms with Crippen LogP contribution in [0.3, 0.4) is 0 Å². The quantitative estimate of drug-likeness (QED) is 0.0349. The van der Waals surface area contributed by atoms with E-state index in [-0.39, 0.29) is 54.1 Å². The third-order valence-electron chi connectivity index (χ3n) is 19.0. The van der Waals surface area contributed by atoms with Gasteiger partial charge in [0.15, 0.2) is 0 Å². The molecule has 10 N–H and O–H groups in total. The molecular weight excluding hydrogens is 1540 g/mol. The van der Waals surface area contributed by atoms with E-state index in [0.29, 0.717) is 101 Å². The van der Waals surface area contributed by atoms with Gasteiger partial charge in [-0.05, 0) is 140 Å². The Bertz CT molecular complexity index is 5880. The highest BCUT2D eigenvalue weighted by molar-refractivity contribution is 7.93.